The van der Waals surface area contributed by atoms with Gasteiger partial charge in [-0.3, -0.25) is 0 Å². The molecule has 0 spiro atoms. The van der Waals surface area contributed by atoms with Crippen molar-refractivity contribution in [1.29, 1.82) is 0 Å². The van der Waals surface area contributed by atoms with Crippen LogP contribution in [0.3, 0.4) is 0 Å². The zero-order chi connectivity index (χ0) is 30.9. The Morgan fingerprint density at radius 3 is 0.814 bits per heavy atom. The summed E-state index contributed by atoms with van der Waals surface area (Å²) < 4.78 is 0. The zero-order valence-electron chi connectivity index (χ0n) is 30.4. The van der Waals surface area contributed by atoms with E-state index in [2.05, 4.69) is 43.0 Å². The van der Waals surface area contributed by atoms with Crippen LogP contribution in [0.25, 0.3) is 0 Å². The summed E-state index contributed by atoms with van der Waals surface area (Å²) in [6.45, 7) is 9.48. The molecular formula is C41H82N2. The van der Waals surface area contributed by atoms with E-state index < -0.39 is 0 Å². The quantitative estimate of drug-likeness (QED) is 0.0666. The summed E-state index contributed by atoms with van der Waals surface area (Å²) in [4.78, 5) is 5.44. The van der Waals surface area contributed by atoms with Crippen LogP contribution in [0.5, 0.6) is 0 Å². The summed E-state index contributed by atoms with van der Waals surface area (Å²) in [6.07, 6.45) is 52.9. The fourth-order valence-corrected chi connectivity index (χ4v) is 7.07. The van der Waals surface area contributed by atoms with Gasteiger partial charge in [-0.2, -0.15) is 0 Å². The van der Waals surface area contributed by atoms with E-state index in [4.69, 9.17) is 0 Å². The predicted molar refractivity (Wildman–Crippen MR) is 196 cm³/mol. The van der Waals surface area contributed by atoms with Crippen LogP contribution in [0.4, 0.5) is 0 Å². The van der Waals surface area contributed by atoms with Crippen molar-refractivity contribution < 1.29 is 0 Å². The molecule has 43 heavy (non-hydrogen) atoms. The minimum absolute atomic E-state index is 0.639. The Kier molecular flexibility index (Phi) is 30.7. The van der Waals surface area contributed by atoms with Crippen molar-refractivity contribution in [2.45, 2.75) is 239 Å². The van der Waals surface area contributed by atoms with Gasteiger partial charge in [0, 0.05) is 25.5 Å². The standard InChI is InChI=1S/C41H82N2/c1-4-7-10-13-16-19-21-22-24-26-29-32-35-38-43-40-39-42(41(43)36-33-30-27-18-15-12-9-6-3)37-34-31-28-25-23-20-17-14-11-8-5-2/h39-41H,4-38H2,1-3H3. The Morgan fingerprint density at radius 2 is 0.535 bits per heavy atom. The summed E-state index contributed by atoms with van der Waals surface area (Å²) in [5.41, 5.74) is 0. The molecule has 0 saturated carbocycles. The van der Waals surface area contributed by atoms with E-state index >= 15 is 0 Å². The first-order chi connectivity index (χ1) is 21.3. The first-order valence-corrected chi connectivity index (χ1v) is 20.5. The summed E-state index contributed by atoms with van der Waals surface area (Å²) in [7, 11) is 0. The molecule has 0 aromatic rings. The van der Waals surface area contributed by atoms with Gasteiger partial charge in [0.05, 0.1) is 0 Å². The van der Waals surface area contributed by atoms with E-state index in [9.17, 15) is 0 Å². The average molecular weight is 603 g/mol. The number of nitrogens with zero attached hydrogens (tertiary/aromatic N) is 2. The molecule has 0 aromatic carbocycles. The second-order valence-electron chi connectivity index (χ2n) is 14.3. The maximum absolute atomic E-state index is 2.72. The summed E-state index contributed by atoms with van der Waals surface area (Å²) in [5, 5.41) is 0. The molecule has 256 valence electrons. The van der Waals surface area contributed by atoms with E-state index in [1.54, 1.807) is 0 Å². The van der Waals surface area contributed by atoms with Crippen LogP contribution in [0.1, 0.15) is 233 Å². The van der Waals surface area contributed by atoms with Crippen LogP contribution in [0.15, 0.2) is 12.4 Å². The molecule has 0 radical (unpaired) electrons. The minimum atomic E-state index is 0.639. The largest absolute Gasteiger partial charge is 0.356 e. The number of rotatable bonds is 35. The second-order valence-corrected chi connectivity index (χ2v) is 14.3. The van der Waals surface area contributed by atoms with Gasteiger partial charge in [0.25, 0.3) is 0 Å². The lowest BCUT2D eigenvalue weighted by molar-refractivity contribution is 0.135. The summed E-state index contributed by atoms with van der Waals surface area (Å²) in [6, 6.07) is 0. The van der Waals surface area contributed by atoms with Crippen LogP contribution in [0.2, 0.25) is 0 Å². The number of hydrogen-bond acceptors (Lipinski definition) is 2. The van der Waals surface area contributed by atoms with Gasteiger partial charge >= 0.3 is 0 Å². The first-order valence-electron chi connectivity index (χ1n) is 20.5. The predicted octanol–water partition coefficient (Wildman–Crippen LogP) is 14.3. The van der Waals surface area contributed by atoms with Crippen molar-refractivity contribution in [1.82, 2.24) is 9.80 Å². The molecule has 0 aliphatic carbocycles. The Bertz CT molecular complexity index is 558. The van der Waals surface area contributed by atoms with E-state index in [-0.39, 0.29) is 0 Å². The topological polar surface area (TPSA) is 6.48 Å². The molecule has 2 heteroatoms. The smallest absolute Gasteiger partial charge is 0.101 e. The molecule has 1 atom stereocenters. The molecule has 0 N–H and O–H groups in total. The highest BCUT2D eigenvalue weighted by atomic mass is 15.4. The highest BCUT2D eigenvalue weighted by Crippen LogP contribution is 2.24. The molecule has 1 rings (SSSR count). The second kappa shape index (κ2) is 32.7. The van der Waals surface area contributed by atoms with Crippen LogP contribution in [-0.2, 0) is 0 Å². The van der Waals surface area contributed by atoms with E-state index in [1.165, 1.54) is 225 Å². The maximum Gasteiger partial charge on any atom is 0.101 e. The zero-order valence-corrected chi connectivity index (χ0v) is 30.4. The van der Waals surface area contributed by atoms with Crippen molar-refractivity contribution in [3.05, 3.63) is 12.4 Å². The van der Waals surface area contributed by atoms with Crippen LogP contribution in [0, 0.1) is 0 Å². The summed E-state index contributed by atoms with van der Waals surface area (Å²) >= 11 is 0. The third-order valence-corrected chi connectivity index (χ3v) is 10.1. The lowest BCUT2D eigenvalue weighted by Crippen LogP contribution is -2.39. The van der Waals surface area contributed by atoms with Crippen molar-refractivity contribution in [3.8, 4) is 0 Å². The van der Waals surface area contributed by atoms with Gasteiger partial charge in [-0.05, 0) is 25.7 Å². The van der Waals surface area contributed by atoms with Gasteiger partial charge in [0.1, 0.15) is 6.17 Å². The Balaban J connectivity index is 2.20. The van der Waals surface area contributed by atoms with Crippen molar-refractivity contribution in [2.24, 2.45) is 0 Å². The number of unbranched alkanes of at least 4 members (excludes halogenated alkanes) is 29. The fourth-order valence-electron chi connectivity index (χ4n) is 7.07. The molecule has 1 aliphatic heterocycles. The molecule has 0 bridgehead atoms. The van der Waals surface area contributed by atoms with Crippen LogP contribution >= 0.6 is 0 Å². The molecule has 0 saturated heterocycles. The average Bonchev–Trinajstić information content (AvgIpc) is 3.40. The first kappa shape index (κ1) is 40.4. The molecule has 1 heterocycles. The van der Waals surface area contributed by atoms with Crippen molar-refractivity contribution in [3.63, 3.8) is 0 Å². The number of hydrogen-bond donors (Lipinski definition) is 0. The van der Waals surface area contributed by atoms with Crippen molar-refractivity contribution in [2.75, 3.05) is 13.1 Å². The van der Waals surface area contributed by atoms with Crippen LogP contribution in [-0.4, -0.2) is 29.1 Å². The minimum Gasteiger partial charge on any atom is -0.356 e. The normalized spacial score (nSPS) is 14.9. The van der Waals surface area contributed by atoms with Gasteiger partial charge in [-0.25, -0.2) is 0 Å². The SMILES string of the molecule is CCCCCCCCCCCCCCCN1C=CN(CCCCCCCCCCCCC)C1CCCCCCCCCC. The molecule has 0 aromatic heterocycles. The maximum atomic E-state index is 2.72. The van der Waals surface area contributed by atoms with E-state index in [1.807, 2.05) is 0 Å². The third kappa shape index (κ3) is 25.2. The van der Waals surface area contributed by atoms with Gasteiger partial charge in [-0.15, -0.1) is 0 Å². The molecule has 1 unspecified atom stereocenters. The van der Waals surface area contributed by atoms with Gasteiger partial charge in [0.15, 0.2) is 0 Å². The summed E-state index contributed by atoms with van der Waals surface area (Å²) in [5.74, 6) is 0. The highest BCUT2D eigenvalue weighted by molar-refractivity contribution is 4.97. The van der Waals surface area contributed by atoms with E-state index in [0.29, 0.717) is 6.17 Å². The lowest BCUT2D eigenvalue weighted by atomic mass is 10.0. The monoisotopic (exact) mass is 603 g/mol. The molecule has 0 fully saturated rings. The van der Waals surface area contributed by atoms with Gasteiger partial charge in [0.2, 0.25) is 0 Å². The highest BCUT2D eigenvalue weighted by Gasteiger charge is 2.24. The Hall–Kier alpha value is -0.660. The Morgan fingerprint density at radius 1 is 0.302 bits per heavy atom. The van der Waals surface area contributed by atoms with Gasteiger partial charge < -0.3 is 9.80 Å². The molecule has 0 amide bonds. The third-order valence-electron chi connectivity index (χ3n) is 10.1. The van der Waals surface area contributed by atoms with Crippen LogP contribution < -0.4 is 0 Å². The Labute approximate surface area is 273 Å². The van der Waals surface area contributed by atoms with Gasteiger partial charge in [-0.1, -0.05) is 207 Å². The lowest BCUT2D eigenvalue weighted by Gasteiger charge is -2.33. The fraction of sp³-hybridized carbons (Fsp3) is 0.951. The molecule has 2 nitrogen and oxygen atoms in total. The molecular weight excluding hydrogens is 520 g/mol. The van der Waals surface area contributed by atoms with Crippen molar-refractivity contribution >= 4 is 0 Å². The molecule has 1 aliphatic rings. The van der Waals surface area contributed by atoms with E-state index in [0.717, 1.165) is 0 Å².